The molecule has 1 aliphatic heterocycles. The highest BCUT2D eigenvalue weighted by Crippen LogP contribution is 2.22. The number of amides is 1. The molecule has 0 aromatic heterocycles. The van der Waals surface area contributed by atoms with Gasteiger partial charge in [0.05, 0.1) is 11.5 Å². The van der Waals surface area contributed by atoms with Crippen molar-refractivity contribution in [2.24, 2.45) is 5.14 Å². The number of nitrogens with one attached hydrogen (secondary N) is 1. The van der Waals surface area contributed by atoms with Gasteiger partial charge in [-0.3, -0.25) is 9.59 Å². The lowest BCUT2D eigenvalue weighted by molar-refractivity contribution is 0.105. The van der Waals surface area contributed by atoms with E-state index in [1.165, 1.54) is 12.1 Å². The van der Waals surface area contributed by atoms with Crippen LogP contribution >= 0.6 is 0 Å². The van der Waals surface area contributed by atoms with E-state index in [2.05, 4.69) is 5.32 Å². The number of carbonyl (C=O) groups is 1. The second-order valence-corrected chi connectivity index (χ2v) is 8.48. The molecule has 3 N–H and O–H groups in total. The molecule has 162 valence electrons. The topological polar surface area (TPSA) is 139 Å². The molecular weight excluding hydrogens is 412 g/mol. The molecule has 11 heteroatoms. The maximum atomic E-state index is 12.1. The van der Waals surface area contributed by atoms with E-state index in [-0.39, 0.29) is 16.7 Å². The summed E-state index contributed by atoms with van der Waals surface area (Å²) < 4.78 is 27.6. The van der Waals surface area contributed by atoms with Crippen molar-refractivity contribution in [2.45, 2.75) is 18.2 Å². The molecular formula is C19H24N4O6S. The minimum Gasteiger partial charge on any atom is -0.450 e. The number of benzene rings is 1. The molecule has 0 atom stereocenters. The van der Waals surface area contributed by atoms with Crippen molar-refractivity contribution in [1.29, 1.82) is 0 Å². The van der Waals surface area contributed by atoms with Gasteiger partial charge in [-0.2, -0.15) is 0 Å². The van der Waals surface area contributed by atoms with Crippen LogP contribution in [-0.2, 0) is 21.2 Å². The molecule has 0 bridgehead atoms. The Labute approximate surface area is 174 Å². The Bertz CT molecular complexity index is 1080. The van der Waals surface area contributed by atoms with Crippen molar-refractivity contribution >= 4 is 27.5 Å². The molecule has 10 nitrogen and oxygen atoms in total. The van der Waals surface area contributed by atoms with Gasteiger partial charge >= 0.3 is 6.09 Å². The van der Waals surface area contributed by atoms with Gasteiger partial charge in [0.2, 0.25) is 10.0 Å². The fourth-order valence-corrected chi connectivity index (χ4v) is 3.87. The van der Waals surface area contributed by atoms with Crippen molar-refractivity contribution in [3.05, 3.63) is 50.3 Å². The Morgan fingerprint density at radius 1 is 1.10 bits per heavy atom. The number of primary sulfonamides is 1. The first-order valence-corrected chi connectivity index (χ1v) is 11.1. The van der Waals surface area contributed by atoms with Crippen LogP contribution in [0.15, 0.2) is 38.8 Å². The minimum atomic E-state index is -3.74. The van der Waals surface area contributed by atoms with Gasteiger partial charge in [-0.1, -0.05) is 12.1 Å². The van der Waals surface area contributed by atoms with E-state index in [0.717, 1.165) is 5.56 Å². The number of carbonyl (C=O) groups excluding carboxylic acids is 1. The number of piperazine rings is 1. The van der Waals surface area contributed by atoms with E-state index in [1.807, 2.05) is 4.90 Å². The largest absolute Gasteiger partial charge is 0.450 e. The van der Waals surface area contributed by atoms with Gasteiger partial charge in [-0.25, -0.2) is 18.4 Å². The smallest absolute Gasteiger partial charge is 0.409 e. The Morgan fingerprint density at radius 2 is 1.73 bits per heavy atom. The monoisotopic (exact) mass is 436 g/mol. The normalized spacial score (nSPS) is 14.7. The van der Waals surface area contributed by atoms with E-state index in [0.29, 0.717) is 51.4 Å². The van der Waals surface area contributed by atoms with Crippen molar-refractivity contribution < 1.29 is 17.9 Å². The van der Waals surface area contributed by atoms with Crippen LogP contribution in [0.1, 0.15) is 12.5 Å². The van der Waals surface area contributed by atoms with Crippen molar-refractivity contribution in [3.8, 4) is 0 Å². The highest BCUT2D eigenvalue weighted by Gasteiger charge is 2.29. The quantitative estimate of drug-likeness (QED) is 0.572. The standard InChI is InChI=1S/C19H24N4O6S/c1-2-29-19(26)23-11-9-22(10-12-23)16-15(17(24)18(16)25)21-8-7-13-3-5-14(6-4-13)30(20,27)28/h3-6,21H,2,7-12H2,1H3,(H2,20,27,28). The highest BCUT2D eigenvalue weighted by molar-refractivity contribution is 7.89. The molecule has 0 spiro atoms. The third-order valence-electron chi connectivity index (χ3n) is 4.97. The fourth-order valence-electron chi connectivity index (χ4n) is 3.35. The lowest BCUT2D eigenvalue weighted by Gasteiger charge is -2.36. The van der Waals surface area contributed by atoms with Gasteiger partial charge < -0.3 is 19.9 Å². The third kappa shape index (κ3) is 4.62. The summed E-state index contributed by atoms with van der Waals surface area (Å²) in [6, 6.07) is 6.16. The van der Waals surface area contributed by atoms with Crippen LogP contribution in [0.3, 0.4) is 0 Å². The summed E-state index contributed by atoms with van der Waals surface area (Å²) in [5.74, 6) is 0. The van der Waals surface area contributed by atoms with Crippen LogP contribution in [0.5, 0.6) is 0 Å². The maximum absolute atomic E-state index is 12.1. The molecule has 30 heavy (non-hydrogen) atoms. The number of hydrogen-bond donors (Lipinski definition) is 2. The lowest BCUT2D eigenvalue weighted by Crippen LogP contribution is -2.53. The highest BCUT2D eigenvalue weighted by atomic mass is 32.2. The molecule has 0 saturated carbocycles. The summed E-state index contributed by atoms with van der Waals surface area (Å²) in [6.07, 6.45) is 0.147. The molecule has 3 rings (SSSR count). The van der Waals surface area contributed by atoms with Gasteiger partial charge in [-0.15, -0.1) is 0 Å². The van der Waals surface area contributed by atoms with Gasteiger partial charge in [0.25, 0.3) is 10.9 Å². The number of nitrogens with two attached hydrogens (primary N) is 1. The molecule has 1 fully saturated rings. The third-order valence-corrected chi connectivity index (χ3v) is 5.90. The van der Waals surface area contributed by atoms with E-state index in [4.69, 9.17) is 9.88 Å². The average molecular weight is 436 g/mol. The van der Waals surface area contributed by atoms with Crippen molar-refractivity contribution in [2.75, 3.05) is 49.5 Å². The zero-order valence-corrected chi connectivity index (χ0v) is 17.4. The number of ether oxygens (including phenoxy) is 1. The molecule has 1 heterocycles. The Hall–Kier alpha value is -2.92. The number of nitrogens with zero attached hydrogens (tertiary/aromatic N) is 2. The number of rotatable bonds is 7. The molecule has 0 aliphatic carbocycles. The summed E-state index contributed by atoms with van der Waals surface area (Å²) in [5, 5.41) is 8.09. The second-order valence-electron chi connectivity index (χ2n) is 6.92. The van der Waals surface area contributed by atoms with Crippen LogP contribution in [0.2, 0.25) is 0 Å². The first-order valence-electron chi connectivity index (χ1n) is 9.58. The average Bonchev–Trinajstić information content (AvgIpc) is 2.73. The first kappa shape index (κ1) is 21.8. The van der Waals surface area contributed by atoms with Gasteiger partial charge in [0.1, 0.15) is 11.4 Å². The molecule has 1 amide bonds. The lowest BCUT2D eigenvalue weighted by atomic mass is 10.1. The van der Waals surface area contributed by atoms with Crippen molar-refractivity contribution in [1.82, 2.24) is 4.90 Å². The SMILES string of the molecule is CCOC(=O)N1CCN(c2c(NCCc3ccc(S(N)(=O)=O)cc3)c(=O)c2=O)CC1. The van der Waals surface area contributed by atoms with Crippen LogP contribution in [0.25, 0.3) is 0 Å². The zero-order chi connectivity index (χ0) is 21.9. The Balaban J connectivity index is 1.58. The minimum absolute atomic E-state index is 0.0333. The van der Waals surface area contributed by atoms with E-state index < -0.39 is 20.9 Å². The molecule has 0 unspecified atom stereocenters. The molecule has 1 saturated heterocycles. The van der Waals surface area contributed by atoms with Gasteiger partial charge in [0.15, 0.2) is 0 Å². The van der Waals surface area contributed by atoms with Crippen molar-refractivity contribution in [3.63, 3.8) is 0 Å². The van der Waals surface area contributed by atoms with Crippen LogP contribution in [0, 0.1) is 0 Å². The van der Waals surface area contributed by atoms with Gasteiger partial charge in [-0.05, 0) is 31.0 Å². The Kier molecular flexibility index (Phi) is 6.42. The predicted octanol–water partition coefficient (Wildman–Crippen LogP) is -0.137. The summed E-state index contributed by atoms with van der Waals surface area (Å²) >= 11 is 0. The van der Waals surface area contributed by atoms with E-state index in [9.17, 15) is 22.8 Å². The van der Waals surface area contributed by atoms with E-state index >= 15 is 0 Å². The van der Waals surface area contributed by atoms with Crippen LogP contribution < -0.4 is 26.2 Å². The number of hydrogen-bond acceptors (Lipinski definition) is 8. The Morgan fingerprint density at radius 3 is 2.30 bits per heavy atom. The maximum Gasteiger partial charge on any atom is 0.409 e. The summed E-state index contributed by atoms with van der Waals surface area (Å²) in [4.78, 5) is 39.3. The van der Waals surface area contributed by atoms with Gasteiger partial charge in [0, 0.05) is 32.7 Å². The fraction of sp³-hybridized carbons (Fsp3) is 0.421. The zero-order valence-electron chi connectivity index (χ0n) is 16.6. The second kappa shape index (κ2) is 8.84. The summed E-state index contributed by atoms with van der Waals surface area (Å²) in [7, 11) is -3.74. The summed E-state index contributed by atoms with van der Waals surface area (Å²) in [6.45, 7) is 4.14. The first-order chi connectivity index (χ1) is 14.2. The van der Waals surface area contributed by atoms with Crippen LogP contribution in [-0.4, -0.2) is 58.7 Å². The molecule has 0 radical (unpaired) electrons. The number of sulfonamides is 1. The van der Waals surface area contributed by atoms with Crippen LogP contribution in [0.4, 0.5) is 16.2 Å². The number of anilines is 2. The molecule has 2 aromatic rings. The molecule has 1 aliphatic rings. The predicted molar refractivity (Wildman–Crippen MR) is 112 cm³/mol. The molecule has 2 aromatic carbocycles. The van der Waals surface area contributed by atoms with E-state index in [1.54, 1.807) is 24.0 Å². The summed E-state index contributed by atoms with van der Waals surface area (Å²) in [5.41, 5.74) is 0.416.